The van der Waals surface area contributed by atoms with Gasteiger partial charge in [-0.1, -0.05) is 9.24 Å². The van der Waals surface area contributed by atoms with Gasteiger partial charge in [-0.2, -0.15) is 0 Å². The molecule has 0 spiro atoms. The topological polar surface area (TPSA) is 38.7 Å². The fourth-order valence-electron chi connectivity index (χ4n) is 1.08. The van der Waals surface area contributed by atoms with Crippen LogP contribution in [0.4, 0.5) is 0 Å². The molecular formula is C9H13O3P. The molecule has 0 aliphatic rings. The van der Waals surface area contributed by atoms with Crippen molar-refractivity contribution in [2.24, 2.45) is 0 Å². The average Bonchev–Trinajstić information content (AvgIpc) is 2.18. The maximum Gasteiger partial charge on any atom is 0.130 e. The normalized spacial score (nSPS) is 9.85. The number of aliphatic hydroxyl groups excluding tert-OH is 1. The Kier molecular flexibility index (Phi) is 3.52. The van der Waals surface area contributed by atoms with Gasteiger partial charge in [0.15, 0.2) is 0 Å². The molecule has 3 nitrogen and oxygen atoms in total. The van der Waals surface area contributed by atoms with Crippen LogP contribution in [0, 0.1) is 0 Å². The number of hydrogen-bond donors (Lipinski definition) is 1. The highest BCUT2D eigenvalue weighted by Crippen LogP contribution is 2.22. The first-order valence-electron chi connectivity index (χ1n) is 3.84. The van der Waals surface area contributed by atoms with Crippen LogP contribution in [0.5, 0.6) is 11.5 Å². The maximum atomic E-state index is 8.95. The van der Waals surface area contributed by atoms with E-state index in [1.165, 1.54) is 0 Å². The molecule has 0 radical (unpaired) electrons. The summed E-state index contributed by atoms with van der Waals surface area (Å²) < 4.78 is 10.2. The fraction of sp³-hybridized carbons (Fsp3) is 0.333. The Morgan fingerprint density at radius 2 is 1.69 bits per heavy atom. The zero-order valence-electron chi connectivity index (χ0n) is 7.70. The molecule has 72 valence electrons. The van der Waals surface area contributed by atoms with Gasteiger partial charge in [-0.05, 0) is 17.7 Å². The van der Waals surface area contributed by atoms with Crippen LogP contribution in [0.3, 0.4) is 0 Å². The summed E-state index contributed by atoms with van der Waals surface area (Å²) in [5.74, 6) is 1.40. The third-order valence-corrected chi connectivity index (χ3v) is 2.36. The van der Waals surface area contributed by atoms with Gasteiger partial charge in [0, 0.05) is 0 Å². The van der Waals surface area contributed by atoms with E-state index in [1.807, 2.05) is 0 Å². The van der Waals surface area contributed by atoms with E-state index in [2.05, 4.69) is 9.24 Å². The molecule has 0 bridgehead atoms. The Labute approximate surface area is 79.9 Å². The summed E-state index contributed by atoms with van der Waals surface area (Å²) in [6.07, 6.45) is 0. The molecule has 0 aliphatic heterocycles. The highest BCUT2D eigenvalue weighted by Gasteiger charge is 2.07. The lowest BCUT2D eigenvalue weighted by molar-refractivity contribution is 0.280. The monoisotopic (exact) mass is 200 g/mol. The molecule has 0 saturated heterocycles. The van der Waals surface area contributed by atoms with Crippen LogP contribution in [0.15, 0.2) is 12.1 Å². The predicted octanol–water partition coefficient (Wildman–Crippen LogP) is 0.696. The zero-order chi connectivity index (χ0) is 9.84. The van der Waals surface area contributed by atoms with Gasteiger partial charge in [0.2, 0.25) is 0 Å². The fourth-order valence-corrected chi connectivity index (χ4v) is 1.49. The third kappa shape index (κ3) is 2.11. The minimum Gasteiger partial charge on any atom is -0.496 e. The first kappa shape index (κ1) is 10.3. The number of hydrogen-bond acceptors (Lipinski definition) is 3. The molecule has 0 aliphatic carbocycles. The van der Waals surface area contributed by atoms with Crippen molar-refractivity contribution in [3.8, 4) is 11.5 Å². The summed E-state index contributed by atoms with van der Waals surface area (Å²) in [4.78, 5) is 0. The van der Waals surface area contributed by atoms with Gasteiger partial charge in [-0.25, -0.2) is 0 Å². The Hall–Kier alpha value is -0.790. The zero-order valence-corrected chi connectivity index (χ0v) is 8.86. The van der Waals surface area contributed by atoms with Crippen LogP contribution in [-0.2, 0) is 6.61 Å². The number of ether oxygens (including phenoxy) is 2. The Morgan fingerprint density at radius 3 is 2.00 bits per heavy atom. The molecule has 0 aromatic heterocycles. The number of rotatable bonds is 3. The minimum atomic E-state index is -0.0162. The predicted molar refractivity (Wildman–Crippen MR) is 54.8 cm³/mol. The van der Waals surface area contributed by atoms with E-state index in [0.717, 1.165) is 10.9 Å². The summed E-state index contributed by atoms with van der Waals surface area (Å²) in [5.41, 5.74) is 0.778. The van der Waals surface area contributed by atoms with Gasteiger partial charge in [0.05, 0.1) is 26.1 Å². The second-order valence-corrected chi connectivity index (χ2v) is 3.15. The van der Waals surface area contributed by atoms with Gasteiger partial charge in [0.1, 0.15) is 11.5 Å². The molecule has 1 aromatic carbocycles. The van der Waals surface area contributed by atoms with Crippen LogP contribution in [0.1, 0.15) is 5.56 Å². The van der Waals surface area contributed by atoms with E-state index >= 15 is 0 Å². The van der Waals surface area contributed by atoms with Crippen molar-refractivity contribution in [2.75, 3.05) is 14.2 Å². The van der Waals surface area contributed by atoms with E-state index in [4.69, 9.17) is 14.6 Å². The first-order valence-corrected chi connectivity index (χ1v) is 4.42. The van der Waals surface area contributed by atoms with Crippen molar-refractivity contribution in [1.82, 2.24) is 0 Å². The lowest BCUT2D eigenvalue weighted by Crippen LogP contribution is -2.04. The van der Waals surface area contributed by atoms with Crippen LogP contribution in [0.2, 0.25) is 0 Å². The summed E-state index contributed by atoms with van der Waals surface area (Å²) >= 11 is 0. The standard InChI is InChI=1S/C9H13O3P/c1-11-7-3-6(5-10)4-8(12-2)9(7)13/h3-4,10H,5,13H2,1-2H3. The van der Waals surface area contributed by atoms with Crippen LogP contribution >= 0.6 is 9.24 Å². The Balaban J connectivity index is 3.20. The van der Waals surface area contributed by atoms with Crippen LogP contribution in [-0.4, -0.2) is 19.3 Å². The first-order chi connectivity index (χ1) is 6.22. The van der Waals surface area contributed by atoms with E-state index in [9.17, 15) is 0 Å². The quantitative estimate of drug-likeness (QED) is 0.730. The maximum absolute atomic E-state index is 8.95. The van der Waals surface area contributed by atoms with Crippen molar-refractivity contribution in [1.29, 1.82) is 0 Å². The summed E-state index contributed by atoms with van der Waals surface area (Å²) in [6.45, 7) is -0.0162. The highest BCUT2D eigenvalue weighted by atomic mass is 31.0. The number of methoxy groups -OCH3 is 2. The minimum absolute atomic E-state index is 0.0162. The van der Waals surface area contributed by atoms with Crippen molar-refractivity contribution in [3.63, 3.8) is 0 Å². The van der Waals surface area contributed by atoms with Crippen molar-refractivity contribution >= 4 is 14.5 Å². The van der Waals surface area contributed by atoms with Crippen molar-refractivity contribution < 1.29 is 14.6 Å². The molecule has 1 atom stereocenters. The van der Waals surface area contributed by atoms with E-state index < -0.39 is 0 Å². The number of aliphatic hydroxyl groups is 1. The molecule has 4 heteroatoms. The molecule has 1 N–H and O–H groups in total. The highest BCUT2D eigenvalue weighted by molar-refractivity contribution is 7.28. The van der Waals surface area contributed by atoms with Crippen molar-refractivity contribution in [3.05, 3.63) is 17.7 Å². The summed E-state index contributed by atoms with van der Waals surface area (Å²) in [6, 6.07) is 3.57. The van der Waals surface area contributed by atoms with E-state index in [1.54, 1.807) is 26.4 Å². The van der Waals surface area contributed by atoms with E-state index in [-0.39, 0.29) is 6.61 Å². The van der Waals surface area contributed by atoms with Crippen LogP contribution in [0.25, 0.3) is 0 Å². The lowest BCUT2D eigenvalue weighted by atomic mass is 10.2. The molecule has 0 heterocycles. The summed E-state index contributed by atoms with van der Waals surface area (Å²) in [7, 11) is 5.72. The Bertz CT molecular complexity index is 274. The molecule has 1 unspecified atom stereocenters. The van der Waals surface area contributed by atoms with Crippen molar-refractivity contribution in [2.45, 2.75) is 6.61 Å². The molecule has 13 heavy (non-hydrogen) atoms. The molecule has 0 amide bonds. The molecule has 0 fully saturated rings. The summed E-state index contributed by atoms with van der Waals surface area (Å²) in [5, 5.41) is 9.81. The van der Waals surface area contributed by atoms with Gasteiger partial charge < -0.3 is 14.6 Å². The smallest absolute Gasteiger partial charge is 0.130 e. The third-order valence-electron chi connectivity index (χ3n) is 1.79. The molecule has 1 aromatic rings. The largest absolute Gasteiger partial charge is 0.496 e. The van der Waals surface area contributed by atoms with E-state index in [0.29, 0.717) is 11.5 Å². The Morgan fingerprint density at radius 1 is 1.23 bits per heavy atom. The molecule has 0 saturated carbocycles. The average molecular weight is 200 g/mol. The van der Waals surface area contributed by atoms with Gasteiger partial charge >= 0.3 is 0 Å². The second kappa shape index (κ2) is 4.45. The SMILES string of the molecule is COc1cc(CO)cc(OC)c1P. The molecule has 1 rings (SSSR count). The molecular weight excluding hydrogens is 187 g/mol. The van der Waals surface area contributed by atoms with Gasteiger partial charge in [0.25, 0.3) is 0 Å². The number of benzene rings is 1. The van der Waals surface area contributed by atoms with Gasteiger partial charge in [-0.3, -0.25) is 0 Å². The second-order valence-electron chi connectivity index (χ2n) is 2.57. The lowest BCUT2D eigenvalue weighted by Gasteiger charge is -2.10. The van der Waals surface area contributed by atoms with Crippen LogP contribution < -0.4 is 14.8 Å². The van der Waals surface area contributed by atoms with Gasteiger partial charge in [-0.15, -0.1) is 0 Å².